The molecule has 1 atom stereocenters. The summed E-state index contributed by atoms with van der Waals surface area (Å²) in [4.78, 5) is 22.0. The SMILES string of the molecule is CCC(C)CNc1cc(C(=O)NC)ccc1[N+](=O)[O-]. The molecule has 0 aliphatic rings. The lowest BCUT2D eigenvalue weighted by molar-refractivity contribution is -0.384. The highest BCUT2D eigenvalue weighted by Gasteiger charge is 2.16. The lowest BCUT2D eigenvalue weighted by Crippen LogP contribution is -2.18. The van der Waals surface area contributed by atoms with Crippen LogP contribution >= 0.6 is 0 Å². The van der Waals surface area contributed by atoms with Crippen LogP contribution in [0.5, 0.6) is 0 Å². The highest BCUT2D eigenvalue weighted by Crippen LogP contribution is 2.25. The Balaban J connectivity index is 3.01. The van der Waals surface area contributed by atoms with Gasteiger partial charge in [0.05, 0.1) is 4.92 Å². The second-order valence-electron chi connectivity index (χ2n) is 4.46. The summed E-state index contributed by atoms with van der Waals surface area (Å²) >= 11 is 0. The van der Waals surface area contributed by atoms with Gasteiger partial charge in [-0.1, -0.05) is 20.3 Å². The molecular formula is C13H19N3O3. The summed E-state index contributed by atoms with van der Waals surface area (Å²) in [5, 5.41) is 16.5. The molecular weight excluding hydrogens is 246 g/mol. The maximum absolute atomic E-state index is 11.5. The van der Waals surface area contributed by atoms with Crippen LogP contribution in [0.25, 0.3) is 0 Å². The summed E-state index contributed by atoms with van der Waals surface area (Å²) in [6, 6.07) is 4.31. The maximum atomic E-state index is 11.5. The molecule has 1 aromatic rings. The van der Waals surface area contributed by atoms with Crippen molar-refractivity contribution in [3.05, 3.63) is 33.9 Å². The smallest absolute Gasteiger partial charge is 0.292 e. The minimum Gasteiger partial charge on any atom is -0.379 e. The molecule has 0 spiro atoms. The first-order valence-electron chi connectivity index (χ1n) is 6.24. The fourth-order valence-corrected chi connectivity index (χ4v) is 1.55. The normalized spacial score (nSPS) is 11.7. The average molecular weight is 265 g/mol. The van der Waals surface area contributed by atoms with Gasteiger partial charge < -0.3 is 10.6 Å². The molecule has 0 saturated carbocycles. The second-order valence-corrected chi connectivity index (χ2v) is 4.46. The predicted octanol–water partition coefficient (Wildman–Crippen LogP) is 2.41. The number of nitro benzene ring substituents is 1. The zero-order valence-electron chi connectivity index (χ0n) is 11.4. The van der Waals surface area contributed by atoms with Crippen LogP contribution in [0.3, 0.4) is 0 Å². The number of hydrogen-bond acceptors (Lipinski definition) is 4. The van der Waals surface area contributed by atoms with E-state index in [4.69, 9.17) is 0 Å². The molecule has 1 aromatic carbocycles. The molecule has 19 heavy (non-hydrogen) atoms. The number of amides is 1. The van der Waals surface area contributed by atoms with Crippen molar-refractivity contribution in [2.24, 2.45) is 5.92 Å². The predicted molar refractivity (Wildman–Crippen MR) is 74.4 cm³/mol. The van der Waals surface area contributed by atoms with Gasteiger partial charge in [-0.3, -0.25) is 14.9 Å². The fourth-order valence-electron chi connectivity index (χ4n) is 1.55. The molecule has 0 saturated heterocycles. The lowest BCUT2D eigenvalue weighted by Gasteiger charge is -2.12. The first-order chi connectivity index (χ1) is 8.99. The molecule has 6 heteroatoms. The fraction of sp³-hybridized carbons (Fsp3) is 0.462. The van der Waals surface area contributed by atoms with E-state index >= 15 is 0 Å². The van der Waals surface area contributed by atoms with E-state index < -0.39 is 4.92 Å². The van der Waals surface area contributed by atoms with E-state index in [0.29, 0.717) is 23.7 Å². The van der Waals surface area contributed by atoms with Crippen molar-refractivity contribution in [2.75, 3.05) is 18.9 Å². The zero-order valence-corrected chi connectivity index (χ0v) is 11.4. The van der Waals surface area contributed by atoms with Crippen molar-refractivity contribution in [3.8, 4) is 0 Å². The monoisotopic (exact) mass is 265 g/mol. The number of carbonyl (C=O) groups excluding carboxylic acids is 1. The molecule has 2 N–H and O–H groups in total. The number of nitrogens with zero attached hydrogens (tertiary/aromatic N) is 1. The Morgan fingerprint density at radius 1 is 1.47 bits per heavy atom. The molecule has 1 rings (SSSR count). The number of benzene rings is 1. The second kappa shape index (κ2) is 6.72. The molecule has 1 unspecified atom stereocenters. The summed E-state index contributed by atoms with van der Waals surface area (Å²) in [5.41, 5.74) is 0.766. The van der Waals surface area contributed by atoms with Crippen molar-refractivity contribution in [2.45, 2.75) is 20.3 Å². The standard InChI is InChI=1S/C13H19N3O3/c1-4-9(2)8-15-11-7-10(13(17)14-3)5-6-12(11)16(18)19/h5-7,9,15H,4,8H2,1-3H3,(H,14,17). The van der Waals surface area contributed by atoms with Crippen LogP contribution in [0.2, 0.25) is 0 Å². The Labute approximate surface area is 112 Å². The van der Waals surface area contributed by atoms with Crippen LogP contribution in [0.15, 0.2) is 18.2 Å². The third-order valence-corrected chi connectivity index (χ3v) is 3.02. The van der Waals surface area contributed by atoms with Crippen LogP contribution < -0.4 is 10.6 Å². The molecule has 1 amide bonds. The summed E-state index contributed by atoms with van der Waals surface area (Å²) in [6.07, 6.45) is 0.982. The number of nitrogens with one attached hydrogen (secondary N) is 2. The van der Waals surface area contributed by atoms with Crippen molar-refractivity contribution >= 4 is 17.3 Å². The molecule has 0 aliphatic heterocycles. The van der Waals surface area contributed by atoms with Gasteiger partial charge >= 0.3 is 0 Å². The van der Waals surface area contributed by atoms with Gasteiger partial charge in [0.1, 0.15) is 5.69 Å². The molecule has 0 fully saturated rings. The van der Waals surface area contributed by atoms with Gasteiger partial charge in [0.25, 0.3) is 11.6 Å². The minimum atomic E-state index is -0.452. The first kappa shape index (κ1) is 14.9. The van der Waals surface area contributed by atoms with Crippen LogP contribution in [0, 0.1) is 16.0 Å². The quantitative estimate of drug-likeness (QED) is 0.611. The minimum absolute atomic E-state index is 0.0176. The Bertz CT molecular complexity index is 474. The highest BCUT2D eigenvalue weighted by molar-refractivity contribution is 5.95. The van der Waals surface area contributed by atoms with E-state index in [1.165, 1.54) is 25.2 Å². The van der Waals surface area contributed by atoms with E-state index in [1.807, 2.05) is 0 Å². The molecule has 0 radical (unpaired) electrons. The number of rotatable bonds is 6. The van der Waals surface area contributed by atoms with E-state index in [2.05, 4.69) is 24.5 Å². The van der Waals surface area contributed by atoms with Crippen LogP contribution in [0.1, 0.15) is 30.6 Å². The van der Waals surface area contributed by atoms with Crippen LogP contribution in [-0.4, -0.2) is 24.4 Å². The molecule has 0 heterocycles. The van der Waals surface area contributed by atoms with Crippen molar-refractivity contribution < 1.29 is 9.72 Å². The van der Waals surface area contributed by atoms with E-state index in [0.717, 1.165) is 6.42 Å². The Kier molecular flexibility index (Phi) is 5.29. The van der Waals surface area contributed by atoms with Gasteiger partial charge in [-0.2, -0.15) is 0 Å². The summed E-state index contributed by atoms with van der Waals surface area (Å²) < 4.78 is 0. The topological polar surface area (TPSA) is 84.3 Å². The van der Waals surface area contributed by atoms with Crippen molar-refractivity contribution in [1.82, 2.24) is 5.32 Å². The van der Waals surface area contributed by atoms with E-state index in [9.17, 15) is 14.9 Å². The van der Waals surface area contributed by atoms with E-state index in [1.54, 1.807) is 0 Å². The Morgan fingerprint density at radius 2 is 2.16 bits per heavy atom. The molecule has 0 aliphatic carbocycles. The third kappa shape index (κ3) is 3.94. The summed E-state index contributed by atoms with van der Waals surface area (Å²) in [7, 11) is 1.52. The van der Waals surface area contributed by atoms with Gasteiger partial charge in [-0.15, -0.1) is 0 Å². The number of hydrogen-bond donors (Lipinski definition) is 2. The zero-order chi connectivity index (χ0) is 14.4. The van der Waals surface area contributed by atoms with Crippen molar-refractivity contribution in [3.63, 3.8) is 0 Å². The van der Waals surface area contributed by atoms with Gasteiger partial charge in [-0.25, -0.2) is 0 Å². The number of anilines is 1. The Hall–Kier alpha value is -2.11. The highest BCUT2D eigenvalue weighted by atomic mass is 16.6. The molecule has 6 nitrogen and oxygen atoms in total. The number of nitro groups is 1. The lowest BCUT2D eigenvalue weighted by atomic mass is 10.1. The maximum Gasteiger partial charge on any atom is 0.292 e. The van der Waals surface area contributed by atoms with E-state index in [-0.39, 0.29) is 11.6 Å². The largest absolute Gasteiger partial charge is 0.379 e. The van der Waals surface area contributed by atoms with Gasteiger partial charge in [0, 0.05) is 25.2 Å². The third-order valence-electron chi connectivity index (χ3n) is 3.02. The number of carbonyl (C=O) groups is 1. The van der Waals surface area contributed by atoms with Gasteiger partial charge in [0.2, 0.25) is 0 Å². The summed E-state index contributed by atoms with van der Waals surface area (Å²) in [6.45, 7) is 4.75. The molecule has 0 aromatic heterocycles. The summed E-state index contributed by atoms with van der Waals surface area (Å²) in [5.74, 6) is 0.143. The van der Waals surface area contributed by atoms with Crippen LogP contribution in [-0.2, 0) is 0 Å². The van der Waals surface area contributed by atoms with Gasteiger partial charge in [-0.05, 0) is 18.1 Å². The Morgan fingerprint density at radius 3 is 2.68 bits per heavy atom. The first-order valence-corrected chi connectivity index (χ1v) is 6.24. The van der Waals surface area contributed by atoms with Crippen LogP contribution in [0.4, 0.5) is 11.4 Å². The van der Waals surface area contributed by atoms with Crippen molar-refractivity contribution in [1.29, 1.82) is 0 Å². The molecule has 0 bridgehead atoms. The average Bonchev–Trinajstić information content (AvgIpc) is 2.43. The molecule has 104 valence electrons. The van der Waals surface area contributed by atoms with Gasteiger partial charge in [0.15, 0.2) is 0 Å².